The van der Waals surface area contributed by atoms with Gasteiger partial charge in [-0.25, -0.2) is 14.6 Å². The number of nitrogens with zero attached hydrogens (tertiary/aromatic N) is 4. The normalized spacial score (nSPS) is 16.4. The third-order valence-corrected chi connectivity index (χ3v) is 3.90. The Bertz CT molecular complexity index is 837. The molecule has 0 atom stereocenters. The van der Waals surface area contributed by atoms with Gasteiger partial charge in [-0.15, -0.1) is 0 Å². The zero-order chi connectivity index (χ0) is 14.7. The van der Waals surface area contributed by atoms with Crippen LogP contribution >= 0.6 is 0 Å². The van der Waals surface area contributed by atoms with Crippen LogP contribution < -0.4 is 11.2 Å². The summed E-state index contributed by atoms with van der Waals surface area (Å²) in [6.45, 7) is 0. The summed E-state index contributed by atoms with van der Waals surface area (Å²) in [4.78, 5) is 40.2. The van der Waals surface area contributed by atoms with Crippen LogP contribution in [-0.2, 0) is 29.2 Å². The highest BCUT2D eigenvalue weighted by Crippen LogP contribution is 2.45. The molecule has 0 spiro atoms. The molecule has 0 radical (unpaired) electrons. The van der Waals surface area contributed by atoms with Gasteiger partial charge in [0.05, 0.1) is 13.4 Å². The van der Waals surface area contributed by atoms with Crippen molar-refractivity contribution in [3.05, 3.63) is 27.2 Å². The highest BCUT2D eigenvalue weighted by Gasteiger charge is 2.54. The van der Waals surface area contributed by atoms with Gasteiger partial charge in [0.25, 0.3) is 5.56 Å². The van der Waals surface area contributed by atoms with Gasteiger partial charge in [0.15, 0.2) is 11.2 Å². The Labute approximate surface area is 113 Å². The number of methoxy groups -OCH3 is 1. The van der Waals surface area contributed by atoms with Crippen LogP contribution in [0.15, 0.2) is 15.9 Å². The van der Waals surface area contributed by atoms with E-state index >= 15 is 0 Å². The third-order valence-electron chi connectivity index (χ3n) is 3.90. The standard InChI is InChI=1S/C12H14N4O4/c1-14-8-7(9(17)15(2)11(14)19)16(6-13-8)12(4-5-12)10(18)20-3/h6H,4-5H2,1-3H3. The molecule has 8 heteroatoms. The highest BCUT2D eigenvalue weighted by atomic mass is 16.5. The Morgan fingerprint density at radius 2 is 1.95 bits per heavy atom. The van der Waals surface area contributed by atoms with E-state index in [1.54, 1.807) is 7.05 Å². The first-order valence-electron chi connectivity index (χ1n) is 6.16. The number of aryl methyl sites for hydroxylation is 1. The van der Waals surface area contributed by atoms with Crippen LogP contribution in [0.2, 0.25) is 0 Å². The molecular weight excluding hydrogens is 264 g/mol. The van der Waals surface area contributed by atoms with Crippen LogP contribution in [0, 0.1) is 0 Å². The van der Waals surface area contributed by atoms with Crippen LogP contribution in [0.3, 0.4) is 0 Å². The summed E-state index contributed by atoms with van der Waals surface area (Å²) in [5.74, 6) is -0.396. The molecule has 0 aromatic carbocycles. The molecule has 1 aliphatic carbocycles. The molecule has 0 unspecified atom stereocenters. The summed E-state index contributed by atoms with van der Waals surface area (Å²) in [6, 6.07) is 0. The molecule has 0 aliphatic heterocycles. The molecule has 1 saturated carbocycles. The molecule has 0 saturated heterocycles. The highest BCUT2D eigenvalue weighted by molar-refractivity contribution is 5.85. The molecule has 0 amide bonds. The van der Waals surface area contributed by atoms with Gasteiger partial charge in [0.2, 0.25) is 0 Å². The second-order valence-corrected chi connectivity index (χ2v) is 5.02. The lowest BCUT2D eigenvalue weighted by Crippen LogP contribution is -2.39. The number of carbonyl (C=O) groups is 1. The van der Waals surface area contributed by atoms with E-state index in [-0.39, 0.29) is 11.2 Å². The molecule has 106 valence electrons. The van der Waals surface area contributed by atoms with Crippen LogP contribution in [0.1, 0.15) is 12.8 Å². The minimum absolute atomic E-state index is 0.248. The second-order valence-electron chi connectivity index (χ2n) is 5.02. The molecule has 0 N–H and O–H groups in total. The first kappa shape index (κ1) is 12.6. The summed E-state index contributed by atoms with van der Waals surface area (Å²) >= 11 is 0. The molecule has 1 aliphatic rings. The van der Waals surface area contributed by atoms with Gasteiger partial charge in [-0.3, -0.25) is 13.9 Å². The van der Waals surface area contributed by atoms with Crippen molar-refractivity contribution in [1.82, 2.24) is 18.7 Å². The summed E-state index contributed by atoms with van der Waals surface area (Å²) in [7, 11) is 4.26. The van der Waals surface area contributed by atoms with Crippen molar-refractivity contribution in [2.45, 2.75) is 18.4 Å². The average Bonchev–Trinajstić information content (AvgIpc) is 3.14. The molecule has 2 heterocycles. The zero-order valence-electron chi connectivity index (χ0n) is 11.4. The topological polar surface area (TPSA) is 88.1 Å². The van der Waals surface area contributed by atoms with E-state index in [4.69, 9.17) is 4.74 Å². The van der Waals surface area contributed by atoms with Gasteiger partial charge in [0, 0.05) is 14.1 Å². The second kappa shape index (κ2) is 3.81. The van der Waals surface area contributed by atoms with Gasteiger partial charge in [-0.05, 0) is 12.8 Å². The van der Waals surface area contributed by atoms with E-state index < -0.39 is 22.8 Å². The number of ether oxygens (including phenoxy) is 1. The van der Waals surface area contributed by atoms with Crippen molar-refractivity contribution in [3.63, 3.8) is 0 Å². The maximum Gasteiger partial charge on any atom is 0.332 e. The fourth-order valence-corrected chi connectivity index (χ4v) is 2.52. The molecule has 20 heavy (non-hydrogen) atoms. The number of imidazole rings is 1. The minimum atomic E-state index is -0.854. The molecular formula is C12H14N4O4. The predicted molar refractivity (Wildman–Crippen MR) is 69.4 cm³/mol. The van der Waals surface area contributed by atoms with E-state index in [1.165, 1.54) is 29.6 Å². The number of fused-ring (bicyclic) bond motifs is 1. The van der Waals surface area contributed by atoms with Crippen LogP contribution in [0.25, 0.3) is 11.2 Å². The van der Waals surface area contributed by atoms with Crippen molar-refractivity contribution in [1.29, 1.82) is 0 Å². The number of hydrogen-bond donors (Lipinski definition) is 0. The molecule has 2 aromatic rings. The van der Waals surface area contributed by atoms with Gasteiger partial charge in [-0.2, -0.15) is 0 Å². The quantitative estimate of drug-likeness (QED) is 0.664. The van der Waals surface area contributed by atoms with E-state index in [0.717, 1.165) is 4.57 Å². The van der Waals surface area contributed by atoms with E-state index in [2.05, 4.69) is 4.98 Å². The number of esters is 1. The van der Waals surface area contributed by atoms with E-state index in [0.29, 0.717) is 12.8 Å². The molecule has 1 fully saturated rings. The summed E-state index contributed by atoms with van der Waals surface area (Å²) in [5.41, 5.74) is -1.25. The number of hydrogen-bond acceptors (Lipinski definition) is 5. The first-order chi connectivity index (χ1) is 9.44. The molecule has 2 aromatic heterocycles. The predicted octanol–water partition coefficient (Wildman–Crippen LogP) is -0.904. The SMILES string of the molecule is COC(=O)C1(n2cnc3c2c(=O)n(C)c(=O)n3C)CC1. The largest absolute Gasteiger partial charge is 0.467 e. The fraction of sp³-hybridized carbons (Fsp3) is 0.500. The van der Waals surface area contributed by atoms with Crippen LogP contribution in [0.4, 0.5) is 0 Å². The van der Waals surface area contributed by atoms with Crippen molar-refractivity contribution in [2.75, 3.05) is 7.11 Å². The summed E-state index contributed by atoms with van der Waals surface area (Å²) in [6.07, 6.45) is 2.61. The molecule has 8 nitrogen and oxygen atoms in total. The van der Waals surface area contributed by atoms with Crippen LogP contribution in [-0.4, -0.2) is 31.8 Å². The third kappa shape index (κ3) is 1.36. The molecule has 0 bridgehead atoms. The average molecular weight is 278 g/mol. The maximum atomic E-state index is 12.3. The van der Waals surface area contributed by atoms with Crippen LogP contribution in [0.5, 0.6) is 0 Å². The van der Waals surface area contributed by atoms with Gasteiger partial charge < -0.3 is 9.30 Å². The van der Waals surface area contributed by atoms with Gasteiger partial charge in [0.1, 0.15) is 5.54 Å². The number of rotatable bonds is 2. The summed E-state index contributed by atoms with van der Waals surface area (Å²) in [5, 5.41) is 0. The lowest BCUT2D eigenvalue weighted by Gasteiger charge is -2.15. The molecule has 3 rings (SSSR count). The van der Waals surface area contributed by atoms with Crippen molar-refractivity contribution >= 4 is 17.1 Å². The van der Waals surface area contributed by atoms with E-state index in [1.807, 2.05) is 0 Å². The Hall–Kier alpha value is -2.38. The number of aromatic nitrogens is 4. The lowest BCUT2D eigenvalue weighted by molar-refractivity contribution is -0.146. The Morgan fingerprint density at radius 3 is 2.50 bits per heavy atom. The van der Waals surface area contributed by atoms with Gasteiger partial charge in [-0.1, -0.05) is 0 Å². The zero-order valence-corrected chi connectivity index (χ0v) is 11.4. The van der Waals surface area contributed by atoms with Crippen molar-refractivity contribution in [2.24, 2.45) is 14.1 Å². The Morgan fingerprint density at radius 1 is 1.30 bits per heavy atom. The summed E-state index contributed by atoms with van der Waals surface area (Å²) < 4.78 is 8.65. The van der Waals surface area contributed by atoms with Crippen molar-refractivity contribution < 1.29 is 9.53 Å². The van der Waals surface area contributed by atoms with E-state index in [9.17, 15) is 14.4 Å². The van der Waals surface area contributed by atoms with Gasteiger partial charge >= 0.3 is 11.7 Å². The fourth-order valence-electron chi connectivity index (χ4n) is 2.52. The lowest BCUT2D eigenvalue weighted by atomic mass is 10.2. The monoisotopic (exact) mass is 278 g/mol. The minimum Gasteiger partial charge on any atom is -0.467 e. The Balaban J connectivity index is 2.39. The van der Waals surface area contributed by atoms with Crippen molar-refractivity contribution in [3.8, 4) is 0 Å². The first-order valence-corrected chi connectivity index (χ1v) is 6.16. The Kier molecular flexibility index (Phi) is 2.41. The number of carbonyl (C=O) groups excluding carboxylic acids is 1. The maximum absolute atomic E-state index is 12.3. The smallest absolute Gasteiger partial charge is 0.332 e.